The number of carbonyl (C=O) groups excluding carboxylic acids is 2. The number of aryl methyl sites for hydroxylation is 1. The average Bonchev–Trinajstić information content (AvgIpc) is 3.02. The largest absolute Gasteiger partial charge is 0.494 e. The summed E-state index contributed by atoms with van der Waals surface area (Å²) in [5, 5.41) is 2.85. The monoisotopic (exact) mass is 339 g/mol. The lowest BCUT2D eigenvalue weighted by Gasteiger charge is -2.19. The van der Waals surface area contributed by atoms with Crippen molar-refractivity contribution in [3.8, 4) is 5.75 Å². The summed E-state index contributed by atoms with van der Waals surface area (Å²) in [4.78, 5) is 26.2. The van der Waals surface area contributed by atoms with Crippen molar-refractivity contribution < 1.29 is 14.3 Å². The number of ether oxygens (including phenoxy) is 1. The maximum atomic E-state index is 12.5. The fourth-order valence-corrected chi connectivity index (χ4v) is 2.96. The highest BCUT2D eigenvalue weighted by Crippen LogP contribution is 2.34. The Labute approximate surface area is 146 Å². The molecule has 3 rings (SSSR count). The second-order valence-electron chi connectivity index (χ2n) is 6.06. The van der Waals surface area contributed by atoms with Gasteiger partial charge in [0.2, 0.25) is 5.91 Å². The van der Waals surface area contributed by atoms with Crippen molar-refractivity contribution in [2.45, 2.75) is 19.8 Å². The molecule has 0 spiro atoms. The topological polar surface area (TPSA) is 84.7 Å². The smallest absolute Gasteiger partial charge is 0.256 e. The number of hydrogen-bond donors (Lipinski definition) is 2. The first-order valence-corrected chi connectivity index (χ1v) is 8.15. The van der Waals surface area contributed by atoms with Crippen LogP contribution >= 0.6 is 0 Å². The van der Waals surface area contributed by atoms with E-state index in [1.54, 1.807) is 42.3 Å². The zero-order chi connectivity index (χ0) is 18.0. The summed E-state index contributed by atoms with van der Waals surface area (Å²) in [6.07, 6.45) is 1.39. The predicted octanol–water partition coefficient (Wildman–Crippen LogP) is 2.96. The van der Waals surface area contributed by atoms with Crippen LogP contribution in [0.1, 0.15) is 28.8 Å². The Morgan fingerprint density at radius 1 is 1.24 bits per heavy atom. The van der Waals surface area contributed by atoms with Gasteiger partial charge in [-0.05, 0) is 43.2 Å². The maximum absolute atomic E-state index is 12.5. The van der Waals surface area contributed by atoms with Crippen LogP contribution in [0.5, 0.6) is 5.75 Å². The zero-order valence-corrected chi connectivity index (χ0v) is 14.3. The Bertz CT molecular complexity index is 833. The van der Waals surface area contributed by atoms with E-state index in [1.807, 2.05) is 13.0 Å². The van der Waals surface area contributed by atoms with Gasteiger partial charge in [-0.1, -0.05) is 6.07 Å². The summed E-state index contributed by atoms with van der Waals surface area (Å²) >= 11 is 0. The van der Waals surface area contributed by atoms with Gasteiger partial charge in [0.05, 0.1) is 12.8 Å². The number of anilines is 3. The molecule has 0 atom stereocenters. The van der Waals surface area contributed by atoms with E-state index < -0.39 is 0 Å². The third kappa shape index (κ3) is 3.42. The molecule has 0 radical (unpaired) electrons. The second-order valence-corrected chi connectivity index (χ2v) is 6.06. The van der Waals surface area contributed by atoms with Crippen molar-refractivity contribution in [3.63, 3.8) is 0 Å². The van der Waals surface area contributed by atoms with Crippen LogP contribution in [0.25, 0.3) is 0 Å². The fourth-order valence-electron chi connectivity index (χ4n) is 2.96. The van der Waals surface area contributed by atoms with Crippen LogP contribution in [-0.2, 0) is 4.79 Å². The van der Waals surface area contributed by atoms with Gasteiger partial charge in [0.15, 0.2) is 0 Å². The summed E-state index contributed by atoms with van der Waals surface area (Å²) in [6.45, 7) is 2.54. The van der Waals surface area contributed by atoms with Gasteiger partial charge in [-0.25, -0.2) is 0 Å². The molecule has 0 saturated carbocycles. The molecule has 2 aromatic rings. The first-order chi connectivity index (χ1) is 12.0. The number of nitrogens with zero attached hydrogens (tertiary/aromatic N) is 1. The Balaban J connectivity index is 1.85. The quantitative estimate of drug-likeness (QED) is 0.839. The van der Waals surface area contributed by atoms with E-state index in [1.165, 1.54) is 0 Å². The number of nitrogens with one attached hydrogen (secondary N) is 1. The number of nitrogens with two attached hydrogens (primary N) is 1. The normalized spacial score (nSPS) is 13.8. The molecule has 0 aliphatic carbocycles. The molecule has 6 nitrogen and oxygen atoms in total. The number of amides is 2. The van der Waals surface area contributed by atoms with Gasteiger partial charge in [0.25, 0.3) is 5.91 Å². The number of nitrogen functional groups attached to an aromatic ring is 1. The van der Waals surface area contributed by atoms with E-state index in [-0.39, 0.29) is 11.8 Å². The molecular formula is C19H21N3O3. The maximum Gasteiger partial charge on any atom is 0.256 e. The van der Waals surface area contributed by atoms with Crippen molar-refractivity contribution in [3.05, 3.63) is 47.5 Å². The minimum Gasteiger partial charge on any atom is -0.494 e. The van der Waals surface area contributed by atoms with Crippen LogP contribution in [-0.4, -0.2) is 25.5 Å². The minimum atomic E-state index is -0.239. The van der Waals surface area contributed by atoms with E-state index in [0.29, 0.717) is 35.7 Å². The molecule has 3 N–H and O–H groups in total. The molecule has 0 unspecified atom stereocenters. The molecule has 2 aromatic carbocycles. The molecule has 1 aliphatic rings. The number of methoxy groups -OCH3 is 1. The van der Waals surface area contributed by atoms with Crippen LogP contribution in [0.3, 0.4) is 0 Å². The molecule has 130 valence electrons. The van der Waals surface area contributed by atoms with E-state index in [0.717, 1.165) is 17.7 Å². The van der Waals surface area contributed by atoms with Gasteiger partial charge in [0, 0.05) is 36.0 Å². The molecule has 1 fully saturated rings. The first-order valence-electron chi connectivity index (χ1n) is 8.15. The molecule has 0 aromatic heterocycles. The first kappa shape index (κ1) is 16.8. The summed E-state index contributed by atoms with van der Waals surface area (Å²) in [7, 11) is 1.55. The van der Waals surface area contributed by atoms with E-state index in [2.05, 4.69) is 5.32 Å². The van der Waals surface area contributed by atoms with Crippen LogP contribution in [0.4, 0.5) is 17.1 Å². The molecule has 0 bridgehead atoms. The highest BCUT2D eigenvalue weighted by molar-refractivity contribution is 6.06. The third-order valence-corrected chi connectivity index (χ3v) is 4.31. The van der Waals surface area contributed by atoms with Crippen LogP contribution in [0.2, 0.25) is 0 Å². The van der Waals surface area contributed by atoms with Crippen LogP contribution in [0, 0.1) is 6.92 Å². The van der Waals surface area contributed by atoms with E-state index in [4.69, 9.17) is 10.5 Å². The molecule has 1 aliphatic heterocycles. The summed E-state index contributed by atoms with van der Waals surface area (Å²) in [5.74, 6) is 0.402. The van der Waals surface area contributed by atoms with Crippen molar-refractivity contribution in [1.29, 1.82) is 0 Å². The van der Waals surface area contributed by atoms with E-state index in [9.17, 15) is 9.59 Å². The number of carbonyl (C=O) groups is 2. The Morgan fingerprint density at radius 3 is 2.72 bits per heavy atom. The van der Waals surface area contributed by atoms with Gasteiger partial charge in [-0.15, -0.1) is 0 Å². The van der Waals surface area contributed by atoms with Crippen LogP contribution in [0.15, 0.2) is 36.4 Å². The minimum absolute atomic E-state index is 0.0884. The zero-order valence-electron chi connectivity index (χ0n) is 14.3. The predicted molar refractivity (Wildman–Crippen MR) is 98.1 cm³/mol. The molecule has 1 heterocycles. The van der Waals surface area contributed by atoms with Crippen molar-refractivity contribution in [2.75, 3.05) is 29.6 Å². The lowest BCUT2D eigenvalue weighted by Crippen LogP contribution is -2.24. The number of hydrogen-bond acceptors (Lipinski definition) is 4. The van der Waals surface area contributed by atoms with Gasteiger partial charge >= 0.3 is 0 Å². The molecule has 1 saturated heterocycles. The molecule has 25 heavy (non-hydrogen) atoms. The van der Waals surface area contributed by atoms with E-state index >= 15 is 0 Å². The fraction of sp³-hybridized carbons (Fsp3) is 0.263. The molecule has 6 heteroatoms. The van der Waals surface area contributed by atoms with Gasteiger partial charge in [0.1, 0.15) is 5.75 Å². The lowest BCUT2D eigenvalue weighted by atomic mass is 10.1. The average molecular weight is 339 g/mol. The van der Waals surface area contributed by atoms with Crippen molar-refractivity contribution in [1.82, 2.24) is 0 Å². The van der Waals surface area contributed by atoms with Crippen LogP contribution < -0.4 is 20.7 Å². The Hall–Kier alpha value is -3.02. The van der Waals surface area contributed by atoms with Gasteiger partial charge in [-0.2, -0.15) is 0 Å². The SMILES string of the molecule is COc1cc(NC(=O)c2cc(N)ccc2C)ccc1N1CCCC1=O. The van der Waals surface area contributed by atoms with Crippen molar-refractivity contribution in [2.24, 2.45) is 0 Å². The number of benzene rings is 2. The lowest BCUT2D eigenvalue weighted by molar-refractivity contribution is -0.117. The third-order valence-electron chi connectivity index (χ3n) is 4.31. The second kappa shape index (κ2) is 6.84. The summed E-state index contributed by atoms with van der Waals surface area (Å²) in [5.41, 5.74) is 9.00. The molecule has 2 amide bonds. The van der Waals surface area contributed by atoms with Gasteiger partial charge in [-0.3, -0.25) is 9.59 Å². The highest BCUT2D eigenvalue weighted by atomic mass is 16.5. The Kier molecular flexibility index (Phi) is 4.61. The highest BCUT2D eigenvalue weighted by Gasteiger charge is 2.24. The standard InChI is InChI=1S/C19H21N3O3/c1-12-5-6-13(20)10-15(12)19(24)21-14-7-8-16(17(11-14)25-2)22-9-3-4-18(22)23/h5-8,10-11H,3-4,9,20H2,1-2H3,(H,21,24). The van der Waals surface area contributed by atoms with Gasteiger partial charge < -0.3 is 20.7 Å². The molecular weight excluding hydrogens is 318 g/mol. The van der Waals surface area contributed by atoms with Crippen molar-refractivity contribution >= 4 is 28.9 Å². The Morgan fingerprint density at radius 2 is 2.04 bits per heavy atom. The summed E-state index contributed by atoms with van der Waals surface area (Å²) in [6, 6.07) is 10.5. The number of rotatable bonds is 4. The summed E-state index contributed by atoms with van der Waals surface area (Å²) < 4.78 is 5.41.